The second-order valence-corrected chi connectivity index (χ2v) is 9.16. The highest BCUT2D eigenvalue weighted by molar-refractivity contribution is 7.15. The Morgan fingerprint density at radius 2 is 2.27 bits per heavy atom. The molecule has 1 aliphatic rings. The standard InChI is InChI=1S/C24H24N6O2S/c1-3-22(31)30-10-7-18(15-30)32-23-19-8-11-29(14-17-6-4-5-9-25-17)20(19)12-21(27-23)28-24-26-13-16(2)33-24/h3-6,8-9,11-13,18H,1,7,10,14-15H2,2H3,(H,26,27,28)/t18-/m0/s1. The minimum atomic E-state index is -0.124. The molecule has 0 saturated carbocycles. The molecule has 1 saturated heterocycles. The predicted molar refractivity (Wildman–Crippen MR) is 129 cm³/mol. The maximum atomic E-state index is 12.0. The number of ether oxygens (including phenoxy) is 1. The van der Waals surface area contributed by atoms with E-state index in [0.717, 1.165) is 33.0 Å². The number of fused-ring (bicyclic) bond motifs is 1. The first-order valence-corrected chi connectivity index (χ1v) is 11.6. The third-order valence-electron chi connectivity index (χ3n) is 5.56. The molecule has 0 unspecified atom stereocenters. The molecule has 5 rings (SSSR count). The molecule has 0 aliphatic carbocycles. The molecule has 33 heavy (non-hydrogen) atoms. The molecule has 5 heterocycles. The number of rotatable bonds is 7. The van der Waals surface area contributed by atoms with Crippen molar-refractivity contribution in [3.8, 4) is 5.88 Å². The SMILES string of the molecule is C=CC(=O)N1CC[C@H](Oc2nc(Nc3ncc(C)s3)cc3c2ccn3Cc2ccccn2)C1. The van der Waals surface area contributed by atoms with Crippen molar-refractivity contribution in [1.82, 2.24) is 24.4 Å². The zero-order chi connectivity index (χ0) is 22.8. The maximum absolute atomic E-state index is 12.0. The quantitative estimate of drug-likeness (QED) is 0.417. The lowest BCUT2D eigenvalue weighted by molar-refractivity contribution is -0.125. The van der Waals surface area contributed by atoms with E-state index in [-0.39, 0.29) is 12.0 Å². The molecule has 168 valence electrons. The van der Waals surface area contributed by atoms with Crippen molar-refractivity contribution >= 4 is 39.1 Å². The average Bonchev–Trinajstić information content (AvgIpc) is 3.55. The number of pyridine rings is 2. The number of hydrogen-bond acceptors (Lipinski definition) is 7. The summed E-state index contributed by atoms with van der Waals surface area (Å²) in [5, 5.41) is 5.00. The van der Waals surface area contributed by atoms with E-state index in [2.05, 4.69) is 26.4 Å². The van der Waals surface area contributed by atoms with Crippen LogP contribution < -0.4 is 10.1 Å². The molecular formula is C24H24N6O2S. The van der Waals surface area contributed by atoms with Gasteiger partial charge in [-0.15, -0.1) is 11.3 Å². The lowest BCUT2D eigenvalue weighted by Crippen LogP contribution is -2.29. The molecule has 0 bridgehead atoms. The Morgan fingerprint density at radius 3 is 3.03 bits per heavy atom. The zero-order valence-corrected chi connectivity index (χ0v) is 19.1. The highest BCUT2D eigenvalue weighted by Gasteiger charge is 2.27. The van der Waals surface area contributed by atoms with Gasteiger partial charge >= 0.3 is 0 Å². The summed E-state index contributed by atoms with van der Waals surface area (Å²) < 4.78 is 8.47. The van der Waals surface area contributed by atoms with Gasteiger partial charge in [-0.2, -0.15) is 4.98 Å². The Kier molecular flexibility index (Phi) is 5.78. The van der Waals surface area contributed by atoms with Crippen molar-refractivity contribution < 1.29 is 9.53 Å². The number of nitrogens with zero attached hydrogens (tertiary/aromatic N) is 5. The molecule has 1 atom stereocenters. The van der Waals surface area contributed by atoms with Crippen molar-refractivity contribution in [3.05, 3.63) is 72.1 Å². The summed E-state index contributed by atoms with van der Waals surface area (Å²) in [4.78, 5) is 28.5. The van der Waals surface area contributed by atoms with Gasteiger partial charge in [0.1, 0.15) is 11.9 Å². The Hall–Kier alpha value is -3.72. The first kappa shape index (κ1) is 21.1. The number of amides is 1. The molecule has 0 radical (unpaired) electrons. The Labute approximate surface area is 195 Å². The van der Waals surface area contributed by atoms with Crippen LogP contribution in [-0.4, -0.2) is 49.5 Å². The highest BCUT2D eigenvalue weighted by atomic mass is 32.1. The number of aromatic nitrogens is 4. The smallest absolute Gasteiger partial charge is 0.246 e. The summed E-state index contributed by atoms with van der Waals surface area (Å²) in [7, 11) is 0. The molecule has 0 spiro atoms. The van der Waals surface area contributed by atoms with E-state index in [1.54, 1.807) is 22.4 Å². The molecule has 1 aliphatic heterocycles. The number of likely N-dealkylation sites (tertiary alicyclic amines) is 1. The number of hydrogen-bond donors (Lipinski definition) is 1. The van der Waals surface area contributed by atoms with Gasteiger partial charge in [0.2, 0.25) is 11.8 Å². The van der Waals surface area contributed by atoms with Crippen molar-refractivity contribution in [2.45, 2.75) is 26.0 Å². The number of carbonyl (C=O) groups excluding carboxylic acids is 1. The van der Waals surface area contributed by atoms with Gasteiger partial charge in [-0.25, -0.2) is 4.98 Å². The highest BCUT2D eigenvalue weighted by Crippen LogP contribution is 2.32. The molecule has 4 aromatic heterocycles. The van der Waals surface area contributed by atoms with Gasteiger partial charge in [-0.3, -0.25) is 9.78 Å². The fourth-order valence-corrected chi connectivity index (χ4v) is 4.62. The predicted octanol–water partition coefficient (Wildman–Crippen LogP) is 4.15. The lowest BCUT2D eigenvalue weighted by Gasteiger charge is -2.17. The van der Waals surface area contributed by atoms with Gasteiger partial charge in [0.25, 0.3) is 0 Å². The molecule has 1 N–H and O–H groups in total. The Balaban J connectivity index is 1.48. The monoisotopic (exact) mass is 460 g/mol. The third kappa shape index (κ3) is 4.58. The Bertz CT molecular complexity index is 1300. The summed E-state index contributed by atoms with van der Waals surface area (Å²) in [6.07, 6.45) is 7.62. The van der Waals surface area contributed by atoms with E-state index in [9.17, 15) is 4.79 Å². The number of carbonyl (C=O) groups is 1. The topological polar surface area (TPSA) is 85.2 Å². The van der Waals surface area contributed by atoms with Gasteiger partial charge in [-0.05, 0) is 31.2 Å². The second kappa shape index (κ2) is 9.03. The van der Waals surface area contributed by atoms with Crippen LogP contribution in [0.3, 0.4) is 0 Å². The first-order chi connectivity index (χ1) is 16.1. The van der Waals surface area contributed by atoms with Gasteiger partial charge in [0, 0.05) is 42.5 Å². The Morgan fingerprint density at radius 1 is 1.36 bits per heavy atom. The number of nitrogens with one attached hydrogen (secondary N) is 1. The number of aryl methyl sites for hydroxylation is 1. The molecule has 0 aromatic carbocycles. The van der Waals surface area contributed by atoms with Crippen molar-refractivity contribution in [1.29, 1.82) is 0 Å². The van der Waals surface area contributed by atoms with Crippen LogP contribution in [0.2, 0.25) is 0 Å². The summed E-state index contributed by atoms with van der Waals surface area (Å²) in [5.41, 5.74) is 1.95. The normalized spacial score (nSPS) is 15.7. The second-order valence-electron chi connectivity index (χ2n) is 7.93. The van der Waals surface area contributed by atoms with Gasteiger partial charge in [0.05, 0.1) is 29.7 Å². The molecule has 4 aromatic rings. The van der Waals surface area contributed by atoms with E-state index in [1.807, 2.05) is 49.6 Å². The molecular weight excluding hydrogens is 436 g/mol. The first-order valence-electron chi connectivity index (χ1n) is 10.8. The lowest BCUT2D eigenvalue weighted by atomic mass is 10.3. The molecule has 9 heteroatoms. The van der Waals surface area contributed by atoms with Gasteiger partial charge < -0.3 is 19.5 Å². The van der Waals surface area contributed by atoms with E-state index in [0.29, 0.717) is 31.3 Å². The van der Waals surface area contributed by atoms with E-state index in [1.165, 1.54) is 6.08 Å². The van der Waals surface area contributed by atoms with Crippen molar-refractivity contribution in [2.24, 2.45) is 0 Å². The van der Waals surface area contributed by atoms with E-state index >= 15 is 0 Å². The van der Waals surface area contributed by atoms with Crippen LogP contribution in [0.15, 0.2) is 61.6 Å². The molecule has 1 amide bonds. The van der Waals surface area contributed by atoms with E-state index < -0.39 is 0 Å². The minimum absolute atomic E-state index is 0.0738. The van der Waals surface area contributed by atoms with Crippen molar-refractivity contribution in [3.63, 3.8) is 0 Å². The average molecular weight is 461 g/mol. The summed E-state index contributed by atoms with van der Waals surface area (Å²) in [5.74, 6) is 1.13. The van der Waals surface area contributed by atoms with Crippen molar-refractivity contribution in [2.75, 3.05) is 18.4 Å². The van der Waals surface area contributed by atoms with Gasteiger partial charge in [0.15, 0.2) is 5.13 Å². The van der Waals surface area contributed by atoms with Crippen LogP contribution in [-0.2, 0) is 11.3 Å². The zero-order valence-electron chi connectivity index (χ0n) is 18.3. The molecule has 8 nitrogen and oxygen atoms in total. The summed E-state index contributed by atoms with van der Waals surface area (Å²) >= 11 is 1.57. The fraction of sp³-hybridized carbons (Fsp3) is 0.250. The molecule has 1 fully saturated rings. The summed E-state index contributed by atoms with van der Waals surface area (Å²) in [6, 6.07) is 9.92. The van der Waals surface area contributed by atoms with Crippen LogP contribution in [0.25, 0.3) is 10.9 Å². The van der Waals surface area contributed by atoms with Crippen LogP contribution in [0.4, 0.5) is 10.9 Å². The number of anilines is 2. The third-order valence-corrected chi connectivity index (χ3v) is 6.38. The fourth-order valence-electron chi connectivity index (χ4n) is 3.95. The van der Waals surface area contributed by atoms with Crippen LogP contribution in [0.5, 0.6) is 5.88 Å². The number of thiazole rings is 1. The van der Waals surface area contributed by atoms with Gasteiger partial charge in [-0.1, -0.05) is 12.6 Å². The largest absolute Gasteiger partial charge is 0.472 e. The van der Waals surface area contributed by atoms with Crippen LogP contribution in [0.1, 0.15) is 17.0 Å². The van der Waals surface area contributed by atoms with E-state index in [4.69, 9.17) is 9.72 Å². The maximum Gasteiger partial charge on any atom is 0.246 e. The minimum Gasteiger partial charge on any atom is -0.472 e. The van der Waals surface area contributed by atoms with Crippen LogP contribution >= 0.6 is 11.3 Å². The van der Waals surface area contributed by atoms with Crippen LogP contribution in [0, 0.1) is 6.92 Å². The summed E-state index contributed by atoms with van der Waals surface area (Å²) in [6.45, 7) is 7.40.